The van der Waals surface area contributed by atoms with Crippen molar-refractivity contribution >= 4 is 11.9 Å². The fourth-order valence-corrected chi connectivity index (χ4v) is 2.52. The van der Waals surface area contributed by atoms with Crippen LogP contribution >= 0.6 is 0 Å². The summed E-state index contributed by atoms with van der Waals surface area (Å²) in [5.74, 6) is -1.41. The number of phenols is 1. The van der Waals surface area contributed by atoms with E-state index in [4.69, 9.17) is 0 Å². The van der Waals surface area contributed by atoms with Crippen molar-refractivity contribution in [3.8, 4) is 5.75 Å². The average Bonchev–Trinajstić information content (AvgIpc) is 2.82. The van der Waals surface area contributed by atoms with Crippen molar-refractivity contribution in [3.63, 3.8) is 0 Å². The van der Waals surface area contributed by atoms with Crippen LogP contribution in [-0.2, 0) is 4.79 Å². The van der Waals surface area contributed by atoms with Crippen molar-refractivity contribution in [2.24, 2.45) is 0 Å². The summed E-state index contributed by atoms with van der Waals surface area (Å²) in [6.07, 6.45) is 2.50. The Morgan fingerprint density at radius 3 is 2.47 bits per heavy atom. The molecule has 0 atom stereocenters. The van der Waals surface area contributed by atoms with Gasteiger partial charge in [-0.3, -0.25) is 4.79 Å². The molecule has 1 aliphatic rings. The number of carboxylic acids is 1. The Morgan fingerprint density at radius 1 is 1.26 bits per heavy atom. The zero-order chi connectivity index (χ0) is 14.0. The normalized spacial score (nSPS) is 17.1. The third-order valence-electron chi connectivity index (χ3n) is 3.77. The van der Waals surface area contributed by atoms with Crippen LogP contribution in [0.2, 0.25) is 0 Å². The SMILES string of the molecule is Cc1c(O)cccc1C(=O)NC1(C(=O)O)CCCC1. The highest BCUT2D eigenvalue weighted by Gasteiger charge is 2.42. The highest BCUT2D eigenvalue weighted by Crippen LogP contribution is 2.30. The van der Waals surface area contributed by atoms with E-state index < -0.39 is 17.4 Å². The number of amides is 1. The molecule has 1 amide bonds. The first-order valence-electron chi connectivity index (χ1n) is 6.31. The van der Waals surface area contributed by atoms with Crippen molar-refractivity contribution in [1.29, 1.82) is 0 Å². The number of rotatable bonds is 3. The van der Waals surface area contributed by atoms with Gasteiger partial charge < -0.3 is 15.5 Å². The van der Waals surface area contributed by atoms with Crippen LogP contribution < -0.4 is 5.32 Å². The van der Waals surface area contributed by atoms with Gasteiger partial charge in [0.1, 0.15) is 11.3 Å². The first-order chi connectivity index (χ1) is 8.96. The Morgan fingerprint density at radius 2 is 1.89 bits per heavy atom. The van der Waals surface area contributed by atoms with Gasteiger partial charge in [-0.1, -0.05) is 18.9 Å². The summed E-state index contributed by atoms with van der Waals surface area (Å²) in [4.78, 5) is 23.6. The predicted octanol–water partition coefficient (Wildman–Crippen LogP) is 1.83. The summed E-state index contributed by atoms with van der Waals surface area (Å²) in [6.45, 7) is 1.63. The molecular weight excluding hydrogens is 246 g/mol. The molecule has 1 aliphatic carbocycles. The third-order valence-corrected chi connectivity index (χ3v) is 3.77. The molecule has 0 unspecified atom stereocenters. The number of aliphatic carboxylic acids is 1. The fraction of sp³-hybridized carbons (Fsp3) is 0.429. The minimum Gasteiger partial charge on any atom is -0.508 e. The van der Waals surface area contributed by atoms with Crippen LogP contribution in [-0.4, -0.2) is 27.6 Å². The van der Waals surface area contributed by atoms with Crippen LogP contribution in [0.3, 0.4) is 0 Å². The lowest BCUT2D eigenvalue weighted by molar-refractivity contribution is -0.144. The molecule has 0 saturated heterocycles. The molecule has 0 aromatic heterocycles. The van der Waals surface area contributed by atoms with Crippen LogP contribution in [0.4, 0.5) is 0 Å². The Labute approximate surface area is 111 Å². The number of aromatic hydroxyl groups is 1. The zero-order valence-electron chi connectivity index (χ0n) is 10.8. The quantitative estimate of drug-likeness (QED) is 0.776. The molecular formula is C14H17NO4. The average molecular weight is 263 g/mol. The number of nitrogens with one attached hydrogen (secondary N) is 1. The van der Waals surface area contributed by atoms with E-state index in [2.05, 4.69) is 5.32 Å². The summed E-state index contributed by atoms with van der Waals surface area (Å²) < 4.78 is 0. The smallest absolute Gasteiger partial charge is 0.329 e. The van der Waals surface area contributed by atoms with Crippen LogP contribution in [0, 0.1) is 6.92 Å². The molecule has 0 heterocycles. The van der Waals surface area contributed by atoms with E-state index in [1.54, 1.807) is 19.1 Å². The van der Waals surface area contributed by atoms with E-state index in [0.717, 1.165) is 12.8 Å². The van der Waals surface area contributed by atoms with Crippen molar-refractivity contribution in [1.82, 2.24) is 5.32 Å². The van der Waals surface area contributed by atoms with Gasteiger partial charge in [0.15, 0.2) is 0 Å². The predicted molar refractivity (Wildman–Crippen MR) is 69.1 cm³/mol. The first kappa shape index (κ1) is 13.4. The highest BCUT2D eigenvalue weighted by atomic mass is 16.4. The second-order valence-electron chi connectivity index (χ2n) is 5.00. The second kappa shape index (κ2) is 4.91. The lowest BCUT2D eigenvalue weighted by Crippen LogP contribution is -2.52. The minimum absolute atomic E-state index is 0.0310. The van der Waals surface area contributed by atoms with Crippen LogP contribution in [0.1, 0.15) is 41.6 Å². The lowest BCUT2D eigenvalue weighted by Gasteiger charge is -2.25. The second-order valence-corrected chi connectivity index (χ2v) is 5.00. The van der Waals surface area contributed by atoms with Crippen LogP contribution in [0.5, 0.6) is 5.75 Å². The van der Waals surface area contributed by atoms with E-state index in [1.807, 2.05) is 0 Å². The molecule has 1 fully saturated rings. The maximum atomic E-state index is 12.2. The largest absolute Gasteiger partial charge is 0.508 e. The highest BCUT2D eigenvalue weighted by molar-refractivity contribution is 5.99. The Hall–Kier alpha value is -2.04. The van der Waals surface area contributed by atoms with Crippen molar-refractivity contribution in [2.45, 2.75) is 38.1 Å². The van der Waals surface area contributed by atoms with Gasteiger partial charge in [0, 0.05) is 11.1 Å². The molecule has 1 aromatic carbocycles. The van der Waals surface area contributed by atoms with Gasteiger partial charge >= 0.3 is 5.97 Å². The number of carbonyl (C=O) groups is 2. The monoisotopic (exact) mass is 263 g/mol. The summed E-state index contributed by atoms with van der Waals surface area (Å²) in [6, 6.07) is 4.64. The Balaban J connectivity index is 2.25. The lowest BCUT2D eigenvalue weighted by atomic mass is 9.96. The van der Waals surface area contributed by atoms with Gasteiger partial charge in [0.2, 0.25) is 0 Å². The van der Waals surface area contributed by atoms with E-state index in [-0.39, 0.29) is 5.75 Å². The van der Waals surface area contributed by atoms with Gasteiger partial charge in [0.05, 0.1) is 0 Å². The molecule has 0 bridgehead atoms. The van der Waals surface area contributed by atoms with E-state index in [0.29, 0.717) is 24.0 Å². The Bertz CT molecular complexity index is 518. The van der Waals surface area contributed by atoms with Gasteiger partial charge in [-0.25, -0.2) is 4.79 Å². The number of carboxylic acid groups (broad SMARTS) is 1. The molecule has 2 rings (SSSR count). The van der Waals surface area contributed by atoms with Gasteiger partial charge in [-0.05, 0) is 31.9 Å². The van der Waals surface area contributed by atoms with Gasteiger partial charge in [-0.2, -0.15) is 0 Å². The summed E-state index contributed by atoms with van der Waals surface area (Å²) in [5, 5.41) is 21.5. The molecule has 1 aromatic rings. The summed E-state index contributed by atoms with van der Waals surface area (Å²) in [7, 11) is 0. The first-order valence-corrected chi connectivity index (χ1v) is 6.31. The van der Waals surface area contributed by atoms with Crippen LogP contribution in [0.25, 0.3) is 0 Å². The molecule has 0 aliphatic heterocycles. The standard InChI is InChI=1S/C14H17NO4/c1-9-10(5-4-6-11(9)16)12(17)15-14(13(18)19)7-2-3-8-14/h4-6,16H,2-3,7-8H2,1H3,(H,15,17)(H,18,19). The molecule has 0 radical (unpaired) electrons. The van der Waals surface area contributed by atoms with E-state index in [9.17, 15) is 19.8 Å². The molecule has 3 N–H and O–H groups in total. The number of benzene rings is 1. The molecule has 0 spiro atoms. The van der Waals surface area contributed by atoms with Crippen LogP contribution in [0.15, 0.2) is 18.2 Å². The van der Waals surface area contributed by atoms with Gasteiger partial charge in [-0.15, -0.1) is 0 Å². The number of phenolic OH excluding ortho intramolecular Hbond substituents is 1. The molecule has 5 heteroatoms. The Kier molecular flexibility index (Phi) is 3.46. The van der Waals surface area contributed by atoms with Crippen molar-refractivity contribution in [3.05, 3.63) is 29.3 Å². The molecule has 1 saturated carbocycles. The summed E-state index contributed by atoms with van der Waals surface area (Å²) in [5.41, 5.74) is -0.388. The van der Waals surface area contributed by atoms with Gasteiger partial charge in [0.25, 0.3) is 5.91 Å². The molecule has 102 valence electrons. The third kappa shape index (κ3) is 2.41. The van der Waals surface area contributed by atoms with Crippen molar-refractivity contribution < 1.29 is 19.8 Å². The maximum absolute atomic E-state index is 12.2. The minimum atomic E-state index is -1.16. The molecule has 5 nitrogen and oxygen atoms in total. The molecule has 19 heavy (non-hydrogen) atoms. The number of hydrogen-bond acceptors (Lipinski definition) is 3. The maximum Gasteiger partial charge on any atom is 0.329 e. The van der Waals surface area contributed by atoms with E-state index in [1.165, 1.54) is 6.07 Å². The number of hydrogen-bond donors (Lipinski definition) is 3. The van der Waals surface area contributed by atoms with Crippen molar-refractivity contribution in [2.75, 3.05) is 0 Å². The summed E-state index contributed by atoms with van der Waals surface area (Å²) >= 11 is 0. The fourth-order valence-electron chi connectivity index (χ4n) is 2.52. The topological polar surface area (TPSA) is 86.6 Å². The zero-order valence-corrected chi connectivity index (χ0v) is 10.8. The van der Waals surface area contributed by atoms with E-state index >= 15 is 0 Å². The number of carbonyl (C=O) groups excluding carboxylic acids is 1.